The number of hydrogen-bond donors (Lipinski definition) is 1. The molecule has 2 aromatic carbocycles. The molecule has 206 valence electrons. The lowest BCUT2D eigenvalue weighted by molar-refractivity contribution is -0.139. The number of esters is 1. The molecule has 0 fully saturated rings. The van der Waals surface area contributed by atoms with Gasteiger partial charge in [0.25, 0.3) is 5.56 Å². The number of rotatable bonds is 9. The van der Waals surface area contributed by atoms with E-state index in [0.29, 0.717) is 59.3 Å². The van der Waals surface area contributed by atoms with Crippen LogP contribution in [-0.2, 0) is 9.53 Å². The second-order valence-electron chi connectivity index (χ2n) is 8.58. The summed E-state index contributed by atoms with van der Waals surface area (Å²) in [7, 11) is 1.53. The van der Waals surface area contributed by atoms with Gasteiger partial charge in [0.15, 0.2) is 16.3 Å². The third kappa shape index (κ3) is 5.87. The van der Waals surface area contributed by atoms with Gasteiger partial charge >= 0.3 is 5.97 Å². The first-order chi connectivity index (χ1) is 18.7. The molecule has 8 nitrogen and oxygen atoms in total. The summed E-state index contributed by atoms with van der Waals surface area (Å²) in [5.74, 6) is 0.320. The van der Waals surface area contributed by atoms with Gasteiger partial charge in [-0.1, -0.05) is 36.3 Å². The number of ether oxygens (including phenoxy) is 3. The van der Waals surface area contributed by atoms with Gasteiger partial charge in [-0.05, 0) is 84.8 Å². The van der Waals surface area contributed by atoms with E-state index in [2.05, 4.69) is 0 Å². The van der Waals surface area contributed by atoms with E-state index in [9.17, 15) is 14.7 Å². The van der Waals surface area contributed by atoms with Crippen LogP contribution in [-0.4, -0.2) is 36.0 Å². The van der Waals surface area contributed by atoms with Crippen LogP contribution in [0.5, 0.6) is 17.2 Å². The number of benzene rings is 2. The van der Waals surface area contributed by atoms with Gasteiger partial charge in [-0.25, -0.2) is 9.79 Å². The Morgan fingerprint density at radius 3 is 2.64 bits per heavy atom. The average Bonchev–Trinajstić information content (AvgIpc) is 3.20. The fraction of sp³-hybridized carbons (Fsp3) is 0.321. The van der Waals surface area contributed by atoms with Crippen molar-refractivity contribution < 1.29 is 24.1 Å². The van der Waals surface area contributed by atoms with Crippen molar-refractivity contribution in [1.29, 1.82) is 0 Å². The van der Waals surface area contributed by atoms with Crippen molar-refractivity contribution in [3.05, 3.63) is 81.0 Å². The number of fused-ring (bicyclic) bond motifs is 1. The van der Waals surface area contributed by atoms with Gasteiger partial charge in [-0.3, -0.25) is 9.36 Å². The molecule has 1 atom stereocenters. The first kappa shape index (κ1) is 29.2. The maximum Gasteiger partial charge on any atom is 0.338 e. The average molecular weight is 683 g/mol. The Balaban J connectivity index is 2.03. The molecule has 1 aliphatic rings. The van der Waals surface area contributed by atoms with Crippen molar-refractivity contribution in [1.82, 2.24) is 4.57 Å². The van der Waals surface area contributed by atoms with E-state index in [-0.39, 0.29) is 23.5 Å². The molecular formula is C28H28ClIN2O6S. The first-order valence-electron chi connectivity index (χ1n) is 12.4. The third-order valence-corrected chi connectivity index (χ3v) is 8.07. The van der Waals surface area contributed by atoms with Crippen molar-refractivity contribution in [2.24, 2.45) is 4.99 Å². The summed E-state index contributed by atoms with van der Waals surface area (Å²) in [5, 5.41) is 10.8. The maximum absolute atomic E-state index is 14.0. The minimum absolute atomic E-state index is 0.0485. The predicted molar refractivity (Wildman–Crippen MR) is 160 cm³/mol. The van der Waals surface area contributed by atoms with Gasteiger partial charge in [-0.2, -0.15) is 0 Å². The fourth-order valence-corrected chi connectivity index (χ4v) is 6.25. The van der Waals surface area contributed by atoms with Crippen molar-refractivity contribution >= 4 is 57.6 Å². The molecule has 4 rings (SSSR count). The number of thiazole rings is 1. The molecule has 0 bridgehead atoms. The second kappa shape index (κ2) is 12.6. The van der Waals surface area contributed by atoms with E-state index < -0.39 is 12.0 Å². The quantitative estimate of drug-likeness (QED) is 0.254. The lowest BCUT2D eigenvalue weighted by atomic mass is 9.93. The largest absolute Gasteiger partial charge is 0.504 e. The smallest absolute Gasteiger partial charge is 0.338 e. The van der Waals surface area contributed by atoms with Gasteiger partial charge in [0.05, 0.1) is 39.7 Å². The molecule has 11 heteroatoms. The van der Waals surface area contributed by atoms with Crippen molar-refractivity contribution in [3.63, 3.8) is 0 Å². The third-order valence-electron chi connectivity index (χ3n) is 6.03. The Morgan fingerprint density at radius 2 is 1.97 bits per heavy atom. The van der Waals surface area contributed by atoms with Gasteiger partial charge in [-0.15, -0.1) is 0 Å². The van der Waals surface area contributed by atoms with Crippen LogP contribution in [0.3, 0.4) is 0 Å². The first-order valence-corrected chi connectivity index (χ1v) is 14.7. The lowest BCUT2D eigenvalue weighted by Gasteiger charge is -2.27. The van der Waals surface area contributed by atoms with E-state index in [4.69, 9.17) is 30.8 Å². The van der Waals surface area contributed by atoms with E-state index >= 15 is 0 Å². The Bertz CT molecular complexity index is 1630. The maximum atomic E-state index is 14.0. The molecule has 0 radical (unpaired) electrons. The molecule has 0 unspecified atom stereocenters. The Labute approximate surface area is 248 Å². The van der Waals surface area contributed by atoms with E-state index in [0.717, 1.165) is 6.42 Å². The SMILES string of the molecule is CCCC1=C(C(=O)OCC)[C@H](c2cc(Cl)ccc2OC)n2c(s/c(=C/c3cc(I)c(O)c(OCC)c3)c2=O)=N1. The van der Waals surface area contributed by atoms with Crippen molar-refractivity contribution in [3.8, 4) is 17.2 Å². The van der Waals surface area contributed by atoms with Crippen LogP contribution >= 0.6 is 45.5 Å². The molecule has 1 aliphatic heterocycles. The molecular weight excluding hydrogens is 655 g/mol. The summed E-state index contributed by atoms with van der Waals surface area (Å²) >= 11 is 9.63. The van der Waals surface area contributed by atoms with Crippen LogP contribution in [0.1, 0.15) is 50.8 Å². The molecule has 39 heavy (non-hydrogen) atoms. The minimum Gasteiger partial charge on any atom is -0.504 e. The molecule has 1 aromatic heterocycles. The molecule has 3 aromatic rings. The predicted octanol–water partition coefficient (Wildman–Crippen LogP) is 4.95. The zero-order valence-electron chi connectivity index (χ0n) is 21.9. The highest BCUT2D eigenvalue weighted by Gasteiger charge is 2.36. The topological polar surface area (TPSA) is 99.4 Å². The van der Waals surface area contributed by atoms with Gasteiger partial charge in [0, 0.05) is 10.6 Å². The number of halogens is 2. The summed E-state index contributed by atoms with van der Waals surface area (Å²) in [5.41, 5.74) is 1.76. The van der Waals surface area contributed by atoms with Crippen molar-refractivity contribution in [2.75, 3.05) is 20.3 Å². The highest BCUT2D eigenvalue weighted by Crippen LogP contribution is 2.38. The highest BCUT2D eigenvalue weighted by molar-refractivity contribution is 14.1. The summed E-state index contributed by atoms with van der Waals surface area (Å²) < 4.78 is 19.1. The van der Waals surface area contributed by atoms with E-state index in [1.807, 2.05) is 36.4 Å². The Kier molecular flexibility index (Phi) is 9.39. The summed E-state index contributed by atoms with van der Waals surface area (Å²) in [4.78, 5) is 32.6. The number of carbonyl (C=O) groups is 1. The second-order valence-corrected chi connectivity index (χ2v) is 11.2. The number of phenolic OH excluding ortho intramolecular Hbond substituents is 1. The van der Waals surface area contributed by atoms with Crippen LogP contribution in [0.25, 0.3) is 6.08 Å². The Morgan fingerprint density at radius 1 is 1.21 bits per heavy atom. The number of aromatic nitrogens is 1. The monoisotopic (exact) mass is 682 g/mol. The molecule has 0 spiro atoms. The highest BCUT2D eigenvalue weighted by atomic mass is 127. The summed E-state index contributed by atoms with van der Waals surface area (Å²) in [6.07, 6.45) is 2.99. The van der Waals surface area contributed by atoms with Crippen LogP contribution in [0.2, 0.25) is 5.02 Å². The number of aromatic hydroxyl groups is 1. The summed E-state index contributed by atoms with van der Waals surface area (Å²) in [6.45, 7) is 6.12. The molecule has 0 saturated carbocycles. The number of carbonyl (C=O) groups excluding carboxylic acids is 1. The normalized spacial score (nSPS) is 15.1. The molecule has 0 saturated heterocycles. The fourth-order valence-electron chi connectivity index (χ4n) is 4.43. The van der Waals surface area contributed by atoms with Gasteiger partial charge < -0.3 is 19.3 Å². The van der Waals surface area contributed by atoms with Gasteiger partial charge in [0.2, 0.25) is 0 Å². The minimum atomic E-state index is -0.850. The number of nitrogens with zero attached hydrogens (tertiary/aromatic N) is 2. The van der Waals surface area contributed by atoms with E-state index in [1.54, 1.807) is 43.3 Å². The standard InChI is InChI=1S/C28H28ClIN2O6S/c1-5-8-19-23(27(35)38-7-3)24(17-14-16(29)9-10-20(17)36-4)32-26(34)22(39-28(32)31-19)13-15-11-18(30)25(33)21(12-15)37-6-2/h9-14,24,33H,5-8H2,1-4H3/b22-13+/t24-/m0/s1. The molecule has 0 amide bonds. The van der Waals surface area contributed by atoms with Gasteiger partial charge in [0.1, 0.15) is 11.8 Å². The van der Waals surface area contributed by atoms with Crippen LogP contribution in [0.15, 0.2) is 51.4 Å². The van der Waals surface area contributed by atoms with E-state index in [1.165, 1.54) is 23.0 Å². The molecule has 0 aliphatic carbocycles. The van der Waals surface area contributed by atoms with Crippen molar-refractivity contribution in [2.45, 2.75) is 39.7 Å². The lowest BCUT2D eigenvalue weighted by Crippen LogP contribution is -2.40. The molecule has 1 N–H and O–H groups in total. The zero-order valence-corrected chi connectivity index (χ0v) is 25.6. The number of allylic oxidation sites excluding steroid dienone is 1. The van der Waals surface area contributed by atoms with Crippen LogP contribution in [0.4, 0.5) is 0 Å². The summed E-state index contributed by atoms with van der Waals surface area (Å²) in [6, 6.07) is 7.70. The number of phenols is 1. The number of hydrogen-bond acceptors (Lipinski definition) is 8. The number of methoxy groups -OCH3 is 1. The van der Waals surface area contributed by atoms with Crippen LogP contribution in [0, 0.1) is 3.57 Å². The van der Waals surface area contributed by atoms with Crippen LogP contribution < -0.4 is 24.4 Å². The molecule has 2 heterocycles. The Hall–Kier alpha value is -2.83. The zero-order chi connectivity index (χ0) is 28.3.